The van der Waals surface area contributed by atoms with Gasteiger partial charge in [-0.3, -0.25) is 24.7 Å². The van der Waals surface area contributed by atoms with Crippen LogP contribution in [0.3, 0.4) is 0 Å². The number of ether oxygens (including phenoxy) is 1. The molecule has 2 aromatic heterocycles. The number of nitro benzene ring substituents is 1. The number of nitrogens with one attached hydrogen (secondary N) is 2. The highest BCUT2D eigenvalue weighted by molar-refractivity contribution is 8.00. The van der Waals surface area contributed by atoms with Crippen LogP contribution in [0, 0.1) is 10.1 Å². The summed E-state index contributed by atoms with van der Waals surface area (Å²) in [6, 6.07) is 9.71. The van der Waals surface area contributed by atoms with Gasteiger partial charge in [0.2, 0.25) is 0 Å². The van der Waals surface area contributed by atoms with E-state index >= 15 is 0 Å². The molecule has 0 aliphatic rings. The maximum absolute atomic E-state index is 12.9. The lowest BCUT2D eigenvalue weighted by Crippen LogP contribution is -2.14. The number of aromatic amines is 1. The SMILES string of the molecule is CCCCCCCCCCCCOC(=O)CSc1c(C(C)(C)C)[nH]n2nc(-c3ccc(NS(=O)(=O)c4ccc(Cl)c([N+](=O)[O-])c4)cc3)nc12. The molecule has 4 rings (SSSR count). The summed E-state index contributed by atoms with van der Waals surface area (Å²) in [6.45, 7) is 8.85. The smallest absolute Gasteiger partial charge is 0.316 e. The van der Waals surface area contributed by atoms with Crippen LogP contribution < -0.4 is 4.72 Å². The molecule has 266 valence electrons. The van der Waals surface area contributed by atoms with E-state index in [1.807, 2.05) is 0 Å². The summed E-state index contributed by atoms with van der Waals surface area (Å²) < 4.78 is 35.3. The van der Waals surface area contributed by atoms with E-state index in [1.165, 1.54) is 75.3 Å². The van der Waals surface area contributed by atoms with Crippen LogP contribution in [0.25, 0.3) is 17.0 Å². The first-order valence-electron chi connectivity index (χ1n) is 16.6. The molecule has 2 N–H and O–H groups in total. The first-order chi connectivity index (χ1) is 23.3. The van der Waals surface area contributed by atoms with Gasteiger partial charge in [-0.25, -0.2) is 13.4 Å². The van der Waals surface area contributed by atoms with Crippen LogP contribution in [0.5, 0.6) is 0 Å². The number of anilines is 1. The van der Waals surface area contributed by atoms with Crippen LogP contribution in [0.4, 0.5) is 11.4 Å². The number of unbranched alkanes of at least 4 members (excludes halogenated alkanes) is 9. The van der Waals surface area contributed by atoms with Gasteiger partial charge in [-0.15, -0.1) is 16.9 Å². The Kier molecular flexibility index (Phi) is 13.5. The maximum Gasteiger partial charge on any atom is 0.316 e. The molecule has 2 aromatic carbocycles. The zero-order chi connectivity index (χ0) is 35.6. The molecule has 2 heterocycles. The number of halogens is 1. The number of carbonyl (C=O) groups excluding carboxylic acids is 1. The molecule has 0 bridgehead atoms. The second kappa shape index (κ2) is 17.3. The number of aromatic nitrogens is 4. The third-order valence-electron chi connectivity index (χ3n) is 7.92. The van der Waals surface area contributed by atoms with Gasteiger partial charge < -0.3 is 4.74 Å². The second-order valence-electron chi connectivity index (χ2n) is 13.0. The normalized spacial score (nSPS) is 12.0. The van der Waals surface area contributed by atoms with Crippen molar-refractivity contribution in [3.8, 4) is 11.4 Å². The topological polar surface area (TPSA) is 162 Å². The van der Waals surface area contributed by atoms with Crippen LogP contribution in [0.2, 0.25) is 5.02 Å². The molecule has 0 fully saturated rings. The quantitative estimate of drug-likeness (QED) is 0.0315. The molecule has 49 heavy (non-hydrogen) atoms. The fraction of sp³-hybridized carbons (Fsp3) is 0.500. The standard InChI is InChI=1S/C34H45ClN6O6S2/c1-5-6-7-8-9-10-11-12-13-14-21-47-29(42)23-48-30-31(34(2,3)4)37-40-33(30)36-32(38-40)24-15-17-25(18-16-24)39-49(45,46)26-19-20-27(35)28(22-26)41(43)44/h15-20,22,37,39H,5-14,21,23H2,1-4H3. The minimum Gasteiger partial charge on any atom is -0.465 e. The minimum atomic E-state index is -4.12. The molecule has 0 saturated carbocycles. The second-order valence-corrected chi connectivity index (χ2v) is 16.1. The van der Waals surface area contributed by atoms with Crippen molar-refractivity contribution in [3.63, 3.8) is 0 Å². The number of fused-ring (bicyclic) bond motifs is 1. The lowest BCUT2D eigenvalue weighted by molar-refractivity contribution is -0.384. The van der Waals surface area contributed by atoms with Gasteiger partial charge in [0.25, 0.3) is 15.7 Å². The molecule has 0 atom stereocenters. The van der Waals surface area contributed by atoms with Gasteiger partial charge >= 0.3 is 5.97 Å². The van der Waals surface area contributed by atoms with Crippen molar-refractivity contribution in [1.82, 2.24) is 19.8 Å². The van der Waals surface area contributed by atoms with Gasteiger partial charge in [-0.05, 0) is 42.8 Å². The first kappa shape index (κ1) is 38.2. The van der Waals surface area contributed by atoms with Crippen LogP contribution in [-0.2, 0) is 25.0 Å². The summed E-state index contributed by atoms with van der Waals surface area (Å²) in [5.74, 6) is 0.272. The van der Waals surface area contributed by atoms with E-state index in [1.54, 1.807) is 28.9 Å². The van der Waals surface area contributed by atoms with E-state index in [0.29, 0.717) is 23.6 Å². The van der Waals surface area contributed by atoms with E-state index in [4.69, 9.17) is 21.3 Å². The summed E-state index contributed by atoms with van der Waals surface area (Å²) in [4.78, 5) is 28.4. The molecule has 0 spiro atoms. The number of thioether (sulfide) groups is 1. The Bertz CT molecular complexity index is 1830. The monoisotopic (exact) mass is 732 g/mol. The average Bonchev–Trinajstić information content (AvgIpc) is 3.62. The van der Waals surface area contributed by atoms with Gasteiger partial charge in [-0.1, -0.05) is 97.1 Å². The molecular weight excluding hydrogens is 688 g/mol. The maximum atomic E-state index is 12.9. The molecule has 0 aliphatic heterocycles. The number of hydrogen-bond acceptors (Lipinski definition) is 9. The fourth-order valence-corrected chi connectivity index (χ4v) is 7.59. The molecule has 0 saturated heterocycles. The lowest BCUT2D eigenvalue weighted by Gasteiger charge is -2.18. The largest absolute Gasteiger partial charge is 0.465 e. The van der Waals surface area contributed by atoms with Crippen molar-refractivity contribution in [2.24, 2.45) is 0 Å². The molecule has 0 radical (unpaired) electrons. The molecule has 15 heteroatoms. The Morgan fingerprint density at radius 1 is 1.02 bits per heavy atom. The van der Waals surface area contributed by atoms with Gasteiger partial charge in [0.15, 0.2) is 11.5 Å². The third kappa shape index (κ3) is 10.7. The van der Waals surface area contributed by atoms with E-state index in [9.17, 15) is 23.3 Å². The van der Waals surface area contributed by atoms with E-state index in [-0.39, 0.29) is 32.7 Å². The fourth-order valence-electron chi connectivity index (χ4n) is 5.22. The summed E-state index contributed by atoms with van der Waals surface area (Å²) in [7, 11) is -4.12. The van der Waals surface area contributed by atoms with Crippen molar-refractivity contribution in [3.05, 3.63) is 63.3 Å². The molecule has 0 unspecified atom stereocenters. The van der Waals surface area contributed by atoms with Gasteiger partial charge in [0.05, 0.1) is 32.8 Å². The Balaban J connectivity index is 1.35. The molecule has 0 amide bonds. The number of benzene rings is 2. The Hall–Kier alpha value is -3.62. The van der Waals surface area contributed by atoms with E-state index in [0.717, 1.165) is 29.5 Å². The van der Waals surface area contributed by atoms with Crippen molar-refractivity contribution in [2.75, 3.05) is 17.1 Å². The van der Waals surface area contributed by atoms with Gasteiger partial charge in [0.1, 0.15) is 5.02 Å². The Labute approximate surface area is 296 Å². The highest BCUT2D eigenvalue weighted by Crippen LogP contribution is 2.35. The Morgan fingerprint density at radius 3 is 2.27 bits per heavy atom. The predicted octanol–water partition coefficient (Wildman–Crippen LogP) is 8.94. The molecule has 12 nitrogen and oxygen atoms in total. The zero-order valence-electron chi connectivity index (χ0n) is 28.5. The highest BCUT2D eigenvalue weighted by Gasteiger charge is 2.27. The van der Waals surface area contributed by atoms with Crippen LogP contribution in [-0.4, -0.2) is 51.5 Å². The molecular formula is C34H45ClN6O6S2. The van der Waals surface area contributed by atoms with Crippen LogP contribution in [0.15, 0.2) is 52.3 Å². The number of rotatable bonds is 19. The Morgan fingerprint density at radius 2 is 1.65 bits per heavy atom. The van der Waals surface area contributed by atoms with Gasteiger partial charge in [0, 0.05) is 22.7 Å². The highest BCUT2D eigenvalue weighted by atomic mass is 35.5. The molecule has 0 aliphatic carbocycles. The number of nitro groups is 1. The van der Waals surface area contributed by atoms with Crippen molar-refractivity contribution >= 4 is 56.4 Å². The summed E-state index contributed by atoms with van der Waals surface area (Å²) in [6.07, 6.45) is 12.2. The third-order valence-corrected chi connectivity index (χ3v) is 10.7. The van der Waals surface area contributed by atoms with Gasteiger partial charge in [-0.2, -0.15) is 4.63 Å². The number of hydrogen-bond donors (Lipinski definition) is 2. The summed E-state index contributed by atoms with van der Waals surface area (Å²) in [5.41, 5.74) is 1.57. The average molecular weight is 733 g/mol. The lowest BCUT2D eigenvalue weighted by atomic mass is 9.92. The predicted molar refractivity (Wildman–Crippen MR) is 194 cm³/mol. The van der Waals surface area contributed by atoms with Crippen molar-refractivity contribution < 1.29 is 22.9 Å². The number of carbonyl (C=O) groups is 1. The number of esters is 1. The summed E-state index contributed by atoms with van der Waals surface area (Å²) >= 11 is 7.19. The number of nitrogens with zero attached hydrogens (tertiary/aromatic N) is 4. The minimum absolute atomic E-state index is 0.141. The van der Waals surface area contributed by atoms with E-state index in [2.05, 4.69) is 42.6 Å². The number of H-pyrrole nitrogens is 1. The van der Waals surface area contributed by atoms with Crippen LogP contribution in [0.1, 0.15) is 97.6 Å². The van der Waals surface area contributed by atoms with Crippen LogP contribution >= 0.6 is 23.4 Å². The van der Waals surface area contributed by atoms with Crippen molar-refractivity contribution in [1.29, 1.82) is 0 Å². The van der Waals surface area contributed by atoms with E-state index < -0.39 is 20.6 Å². The summed E-state index contributed by atoms with van der Waals surface area (Å²) in [5, 5.41) is 19.0. The first-order valence-corrected chi connectivity index (χ1v) is 19.5. The number of sulfonamides is 1. The zero-order valence-corrected chi connectivity index (χ0v) is 30.8. The molecule has 4 aromatic rings. The van der Waals surface area contributed by atoms with Crippen molar-refractivity contribution in [2.45, 2.75) is 107 Å².